The second-order valence-electron chi connectivity index (χ2n) is 4.24. The molecule has 1 aliphatic rings. The minimum Gasteiger partial charge on any atom is -0.371 e. The van der Waals surface area contributed by atoms with Gasteiger partial charge < -0.3 is 10.1 Å². The average molecular weight is 359 g/mol. The molecule has 96 valence electrons. The number of halogens is 1. The molecular formula is C11H14IN5O. The summed E-state index contributed by atoms with van der Waals surface area (Å²) >= 11 is 2.12. The van der Waals surface area contributed by atoms with Crippen LogP contribution in [0.4, 0.5) is 5.82 Å². The Balaban J connectivity index is 2.10. The number of imidazole rings is 1. The predicted octanol–water partition coefficient (Wildman–Crippen LogP) is 2.17. The minimum atomic E-state index is 0.0548. The lowest BCUT2D eigenvalue weighted by Gasteiger charge is -2.23. The summed E-state index contributed by atoms with van der Waals surface area (Å²) in [6.07, 6.45) is 5.19. The van der Waals surface area contributed by atoms with Crippen LogP contribution in [0.1, 0.15) is 25.5 Å². The lowest BCUT2D eigenvalue weighted by molar-refractivity contribution is -0.0298. The van der Waals surface area contributed by atoms with Crippen molar-refractivity contribution < 1.29 is 4.74 Å². The van der Waals surface area contributed by atoms with Gasteiger partial charge in [0.05, 0.1) is 6.33 Å². The van der Waals surface area contributed by atoms with Crippen molar-refractivity contribution in [2.24, 2.45) is 0 Å². The van der Waals surface area contributed by atoms with Crippen molar-refractivity contribution in [3.05, 3.63) is 10.2 Å². The first kappa shape index (κ1) is 12.1. The van der Waals surface area contributed by atoms with E-state index in [-0.39, 0.29) is 6.23 Å². The molecule has 1 N–H and O–H groups in total. The van der Waals surface area contributed by atoms with Crippen LogP contribution >= 0.6 is 22.6 Å². The van der Waals surface area contributed by atoms with Crippen molar-refractivity contribution in [2.75, 3.05) is 19.0 Å². The molecule has 1 unspecified atom stereocenters. The summed E-state index contributed by atoms with van der Waals surface area (Å²) in [5.74, 6) is 0.763. The fourth-order valence-electron chi connectivity index (χ4n) is 2.22. The number of ether oxygens (including phenoxy) is 1. The standard InChI is InChI=1S/C11H14IN5O/c1-13-9-8-10(16-11(12)15-9)17(6-14-8)7-4-2-3-5-18-7/h6-7H,2-5H2,1H3,(H,13,15,16). The topological polar surface area (TPSA) is 64.9 Å². The van der Waals surface area contributed by atoms with E-state index in [0.717, 1.165) is 36.4 Å². The Morgan fingerprint density at radius 3 is 3.06 bits per heavy atom. The Labute approximate surface area is 118 Å². The van der Waals surface area contributed by atoms with E-state index in [1.807, 2.05) is 11.6 Å². The number of hydrogen-bond donors (Lipinski definition) is 1. The molecule has 2 aromatic heterocycles. The quantitative estimate of drug-likeness (QED) is 0.658. The number of rotatable bonds is 2. The molecule has 1 saturated heterocycles. The van der Waals surface area contributed by atoms with E-state index in [0.29, 0.717) is 3.83 Å². The van der Waals surface area contributed by atoms with Crippen LogP contribution in [0.3, 0.4) is 0 Å². The molecule has 0 saturated carbocycles. The molecule has 3 rings (SSSR count). The average Bonchev–Trinajstić information content (AvgIpc) is 2.82. The zero-order valence-corrected chi connectivity index (χ0v) is 12.2. The number of fused-ring (bicyclic) bond motifs is 1. The molecule has 3 heterocycles. The van der Waals surface area contributed by atoms with Crippen molar-refractivity contribution in [1.29, 1.82) is 0 Å². The first-order valence-electron chi connectivity index (χ1n) is 5.99. The van der Waals surface area contributed by atoms with Crippen LogP contribution in [0.25, 0.3) is 11.2 Å². The molecule has 0 bridgehead atoms. The van der Waals surface area contributed by atoms with Gasteiger partial charge in [-0.1, -0.05) is 0 Å². The van der Waals surface area contributed by atoms with Gasteiger partial charge in [-0.2, -0.15) is 0 Å². The summed E-state index contributed by atoms with van der Waals surface area (Å²) < 4.78 is 8.51. The third-order valence-corrected chi connectivity index (χ3v) is 3.58. The van der Waals surface area contributed by atoms with Gasteiger partial charge in [-0.3, -0.25) is 4.57 Å². The summed E-state index contributed by atoms with van der Waals surface area (Å²) in [6.45, 7) is 0.811. The number of nitrogens with zero attached hydrogens (tertiary/aromatic N) is 4. The highest BCUT2D eigenvalue weighted by Crippen LogP contribution is 2.27. The summed E-state index contributed by atoms with van der Waals surface area (Å²) in [6, 6.07) is 0. The van der Waals surface area contributed by atoms with Gasteiger partial charge >= 0.3 is 0 Å². The Bertz CT molecular complexity index is 564. The highest BCUT2D eigenvalue weighted by Gasteiger charge is 2.20. The van der Waals surface area contributed by atoms with Crippen molar-refractivity contribution in [1.82, 2.24) is 19.5 Å². The summed E-state index contributed by atoms with van der Waals surface area (Å²) in [4.78, 5) is 13.2. The molecule has 0 aromatic carbocycles. The van der Waals surface area contributed by atoms with E-state index in [1.54, 1.807) is 6.33 Å². The van der Waals surface area contributed by atoms with E-state index in [2.05, 4.69) is 42.9 Å². The van der Waals surface area contributed by atoms with Gasteiger partial charge in [0, 0.05) is 36.2 Å². The van der Waals surface area contributed by atoms with Crippen LogP contribution in [-0.4, -0.2) is 33.2 Å². The number of hydrogen-bond acceptors (Lipinski definition) is 5. The Morgan fingerprint density at radius 2 is 2.33 bits per heavy atom. The molecular weight excluding hydrogens is 345 g/mol. The number of nitrogens with one attached hydrogen (secondary N) is 1. The van der Waals surface area contributed by atoms with E-state index < -0.39 is 0 Å². The molecule has 18 heavy (non-hydrogen) atoms. The number of anilines is 1. The molecule has 7 heteroatoms. The molecule has 0 spiro atoms. The van der Waals surface area contributed by atoms with Crippen LogP contribution in [0, 0.1) is 3.83 Å². The first-order chi connectivity index (χ1) is 8.79. The second kappa shape index (κ2) is 4.96. The fraction of sp³-hybridized carbons (Fsp3) is 0.545. The van der Waals surface area contributed by atoms with Gasteiger partial charge in [0.2, 0.25) is 0 Å². The monoisotopic (exact) mass is 359 g/mol. The SMILES string of the molecule is CNc1nc(I)nc2c1ncn2C1CCCCO1. The number of aromatic nitrogens is 4. The van der Waals surface area contributed by atoms with E-state index in [4.69, 9.17) is 4.74 Å². The van der Waals surface area contributed by atoms with Crippen molar-refractivity contribution in [3.8, 4) is 0 Å². The van der Waals surface area contributed by atoms with Gasteiger partial charge in [-0.15, -0.1) is 0 Å². The van der Waals surface area contributed by atoms with Gasteiger partial charge in [-0.25, -0.2) is 15.0 Å². The van der Waals surface area contributed by atoms with Crippen LogP contribution in [0.5, 0.6) is 0 Å². The lowest BCUT2D eigenvalue weighted by atomic mass is 10.2. The third kappa shape index (κ3) is 2.05. The normalized spacial score (nSPS) is 20.2. The van der Waals surface area contributed by atoms with Gasteiger partial charge in [0.25, 0.3) is 0 Å². The zero-order chi connectivity index (χ0) is 12.5. The Morgan fingerprint density at radius 1 is 1.44 bits per heavy atom. The zero-order valence-electron chi connectivity index (χ0n) is 10.1. The first-order valence-corrected chi connectivity index (χ1v) is 7.07. The predicted molar refractivity (Wildman–Crippen MR) is 76.4 cm³/mol. The Kier molecular flexibility index (Phi) is 3.33. The van der Waals surface area contributed by atoms with Gasteiger partial charge in [-0.05, 0) is 19.3 Å². The largest absolute Gasteiger partial charge is 0.371 e. The van der Waals surface area contributed by atoms with Crippen molar-refractivity contribution in [2.45, 2.75) is 25.5 Å². The maximum atomic E-state index is 5.78. The van der Waals surface area contributed by atoms with Crippen molar-refractivity contribution >= 4 is 39.6 Å². The second-order valence-corrected chi connectivity index (χ2v) is 5.20. The van der Waals surface area contributed by atoms with Crippen LogP contribution in [0.15, 0.2) is 6.33 Å². The maximum Gasteiger partial charge on any atom is 0.194 e. The molecule has 0 aliphatic carbocycles. The molecule has 0 radical (unpaired) electrons. The highest BCUT2D eigenvalue weighted by atomic mass is 127. The maximum absolute atomic E-state index is 5.78. The van der Waals surface area contributed by atoms with Crippen LogP contribution in [-0.2, 0) is 4.74 Å². The molecule has 1 aliphatic heterocycles. The lowest BCUT2D eigenvalue weighted by Crippen LogP contribution is -2.18. The van der Waals surface area contributed by atoms with E-state index in [9.17, 15) is 0 Å². The third-order valence-electron chi connectivity index (χ3n) is 3.10. The highest BCUT2D eigenvalue weighted by molar-refractivity contribution is 14.1. The minimum absolute atomic E-state index is 0.0548. The summed E-state index contributed by atoms with van der Waals surface area (Å²) in [7, 11) is 1.84. The molecule has 6 nitrogen and oxygen atoms in total. The molecule has 1 atom stereocenters. The van der Waals surface area contributed by atoms with Crippen LogP contribution < -0.4 is 5.32 Å². The van der Waals surface area contributed by atoms with E-state index >= 15 is 0 Å². The van der Waals surface area contributed by atoms with Gasteiger partial charge in [0.1, 0.15) is 6.23 Å². The smallest absolute Gasteiger partial charge is 0.194 e. The fourth-order valence-corrected chi connectivity index (χ4v) is 2.69. The summed E-state index contributed by atoms with van der Waals surface area (Å²) in [5, 5.41) is 3.05. The van der Waals surface area contributed by atoms with Crippen LogP contribution in [0.2, 0.25) is 0 Å². The van der Waals surface area contributed by atoms with E-state index in [1.165, 1.54) is 6.42 Å². The van der Waals surface area contributed by atoms with Crippen molar-refractivity contribution in [3.63, 3.8) is 0 Å². The Hall–Kier alpha value is -0.960. The summed E-state index contributed by atoms with van der Waals surface area (Å²) in [5.41, 5.74) is 1.64. The molecule has 1 fully saturated rings. The van der Waals surface area contributed by atoms with Gasteiger partial charge in [0.15, 0.2) is 20.8 Å². The molecule has 0 amide bonds. The molecule has 2 aromatic rings.